The maximum Gasteiger partial charge on any atom is 0.261 e. The third-order valence-corrected chi connectivity index (χ3v) is 2.40. The van der Waals surface area contributed by atoms with Gasteiger partial charge in [-0.25, -0.2) is 0 Å². The first-order chi connectivity index (χ1) is 7.07. The van der Waals surface area contributed by atoms with Gasteiger partial charge >= 0.3 is 0 Å². The van der Waals surface area contributed by atoms with Crippen molar-refractivity contribution in [2.24, 2.45) is 5.73 Å². The Hall–Kier alpha value is -1.20. The standard InChI is InChI=1S/C10H14N2O2S/c1-7-3-4-8(9(11)15)10(13)12(7)5-6-14-2/h3-4H,5-6H2,1-2H3,(H2,11,15). The van der Waals surface area contributed by atoms with E-state index < -0.39 is 0 Å². The molecule has 1 heterocycles. The molecule has 0 radical (unpaired) electrons. The van der Waals surface area contributed by atoms with Crippen LogP contribution < -0.4 is 11.3 Å². The van der Waals surface area contributed by atoms with E-state index in [4.69, 9.17) is 22.7 Å². The summed E-state index contributed by atoms with van der Waals surface area (Å²) in [5.74, 6) is 0. The van der Waals surface area contributed by atoms with Gasteiger partial charge < -0.3 is 15.0 Å². The summed E-state index contributed by atoms with van der Waals surface area (Å²) in [5, 5.41) is 0. The maximum absolute atomic E-state index is 11.9. The van der Waals surface area contributed by atoms with Gasteiger partial charge in [0.25, 0.3) is 5.56 Å². The fourth-order valence-corrected chi connectivity index (χ4v) is 1.47. The van der Waals surface area contributed by atoms with Crippen molar-refractivity contribution in [3.05, 3.63) is 33.7 Å². The van der Waals surface area contributed by atoms with Gasteiger partial charge in [0.1, 0.15) is 4.99 Å². The molecular formula is C10H14N2O2S. The Bertz CT molecular complexity index is 426. The van der Waals surface area contributed by atoms with E-state index in [2.05, 4.69) is 0 Å². The molecule has 0 bridgehead atoms. The van der Waals surface area contributed by atoms with Crippen molar-refractivity contribution in [3.8, 4) is 0 Å². The Morgan fingerprint density at radius 3 is 2.80 bits per heavy atom. The molecule has 0 spiro atoms. The quantitative estimate of drug-likeness (QED) is 0.757. The number of ether oxygens (including phenoxy) is 1. The molecule has 0 aliphatic heterocycles. The van der Waals surface area contributed by atoms with Crippen LogP contribution in [0, 0.1) is 6.92 Å². The highest BCUT2D eigenvalue weighted by molar-refractivity contribution is 7.80. The van der Waals surface area contributed by atoms with Crippen LogP contribution in [-0.2, 0) is 11.3 Å². The molecule has 1 aromatic heterocycles. The first-order valence-electron chi connectivity index (χ1n) is 4.57. The second-order valence-electron chi connectivity index (χ2n) is 3.20. The number of methoxy groups -OCH3 is 1. The van der Waals surface area contributed by atoms with Gasteiger partial charge in [-0.1, -0.05) is 12.2 Å². The highest BCUT2D eigenvalue weighted by Gasteiger charge is 2.07. The normalized spacial score (nSPS) is 10.3. The SMILES string of the molecule is COCCn1c(C)ccc(C(N)=S)c1=O. The molecule has 2 N–H and O–H groups in total. The first-order valence-corrected chi connectivity index (χ1v) is 4.98. The summed E-state index contributed by atoms with van der Waals surface area (Å²) in [6.07, 6.45) is 0. The summed E-state index contributed by atoms with van der Waals surface area (Å²) in [6, 6.07) is 3.48. The summed E-state index contributed by atoms with van der Waals surface area (Å²) in [4.78, 5) is 12.0. The van der Waals surface area contributed by atoms with Crippen LogP contribution in [0.1, 0.15) is 11.3 Å². The van der Waals surface area contributed by atoms with Crippen LogP contribution in [0.4, 0.5) is 0 Å². The molecule has 0 amide bonds. The van der Waals surface area contributed by atoms with E-state index in [1.165, 1.54) is 0 Å². The summed E-state index contributed by atoms with van der Waals surface area (Å²) >= 11 is 4.80. The van der Waals surface area contributed by atoms with Crippen LogP contribution in [0.3, 0.4) is 0 Å². The van der Waals surface area contributed by atoms with E-state index in [1.54, 1.807) is 17.7 Å². The fourth-order valence-electron chi connectivity index (χ4n) is 1.32. The molecule has 0 fully saturated rings. The Kier molecular flexibility index (Phi) is 3.99. The summed E-state index contributed by atoms with van der Waals surface area (Å²) in [6.45, 7) is 2.86. The average Bonchev–Trinajstić information content (AvgIpc) is 2.17. The van der Waals surface area contributed by atoms with Crippen LogP contribution >= 0.6 is 12.2 Å². The second kappa shape index (κ2) is 5.04. The molecule has 1 rings (SSSR count). The van der Waals surface area contributed by atoms with Gasteiger partial charge in [0.2, 0.25) is 0 Å². The zero-order valence-corrected chi connectivity index (χ0v) is 9.63. The van der Waals surface area contributed by atoms with Crippen molar-refractivity contribution in [2.45, 2.75) is 13.5 Å². The Balaban J connectivity index is 3.18. The minimum atomic E-state index is -0.153. The van der Waals surface area contributed by atoms with Crippen molar-refractivity contribution in [2.75, 3.05) is 13.7 Å². The van der Waals surface area contributed by atoms with Gasteiger partial charge in [-0.2, -0.15) is 0 Å². The highest BCUT2D eigenvalue weighted by Crippen LogP contribution is 1.98. The first kappa shape index (κ1) is 11.9. The molecule has 1 aromatic rings. The molecular weight excluding hydrogens is 212 g/mol. The third kappa shape index (κ3) is 2.64. The number of pyridine rings is 1. The smallest absolute Gasteiger partial charge is 0.261 e. The monoisotopic (exact) mass is 226 g/mol. The van der Waals surface area contributed by atoms with Gasteiger partial charge in [0.15, 0.2) is 0 Å². The number of aryl methyl sites for hydroxylation is 1. The predicted molar refractivity (Wildman–Crippen MR) is 63.2 cm³/mol. The number of nitrogens with two attached hydrogens (primary N) is 1. The number of thiocarbonyl (C=S) groups is 1. The number of aromatic nitrogens is 1. The van der Waals surface area contributed by atoms with E-state index in [9.17, 15) is 4.79 Å². The lowest BCUT2D eigenvalue weighted by molar-refractivity contribution is 0.185. The lowest BCUT2D eigenvalue weighted by Crippen LogP contribution is -2.31. The zero-order chi connectivity index (χ0) is 11.4. The zero-order valence-electron chi connectivity index (χ0n) is 8.82. The van der Waals surface area contributed by atoms with Crippen LogP contribution in [0.15, 0.2) is 16.9 Å². The average molecular weight is 226 g/mol. The molecule has 0 unspecified atom stereocenters. The molecule has 0 atom stereocenters. The highest BCUT2D eigenvalue weighted by atomic mass is 32.1. The van der Waals surface area contributed by atoms with Gasteiger partial charge in [-0.15, -0.1) is 0 Å². The molecule has 82 valence electrons. The molecule has 0 saturated carbocycles. The van der Waals surface area contributed by atoms with Crippen molar-refractivity contribution in [1.82, 2.24) is 4.57 Å². The Morgan fingerprint density at radius 1 is 1.60 bits per heavy atom. The van der Waals surface area contributed by atoms with E-state index >= 15 is 0 Å². The number of hydrogen-bond acceptors (Lipinski definition) is 3. The number of hydrogen-bond donors (Lipinski definition) is 1. The van der Waals surface area contributed by atoms with Gasteiger partial charge in [0.05, 0.1) is 12.2 Å². The van der Waals surface area contributed by atoms with Crippen molar-refractivity contribution < 1.29 is 4.74 Å². The third-order valence-electron chi connectivity index (χ3n) is 2.18. The minimum Gasteiger partial charge on any atom is -0.389 e. The minimum absolute atomic E-state index is 0.131. The number of rotatable bonds is 4. The Morgan fingerprint density at radius 2 is 2.27 bits per heavy atom. The van der Waals surface area contributed by atoms with Gasteiger partial charge in [-0.3, -0.25) is 4.79 Å². The molecule has 0 aliphatic rings. The van der Waals surface area contributed by atoms with E-state index in [0.717, 1.165) is 5.69 Å². The van der Waals surface area contributed by atoms with Crippen molar-refractivity contribution in [1.29, 1.82) is 0 Å². The summed E-state index contributed by atoms with van der Waals surface area (Å²) < 4.78 is 6.54. The maximum atomic E-state index is 11.9. The van der Waals surface area contributed by atoms with Crippen LogP contribution in [-0.4, -0.2) is 23.3 Å². The summed E-state index contributed by atoms with van der Waals surface area (Å²) in [5.41, 5.74) is 6.55. The molecule has 15 heavy (non-hydrogen) atoms. The molecule has 5 heteroatoms. The topological polar surface area (TPSA) is 57.2 Å². The predicted octanol–water partition coefficient (Wildman–Crippen LogP) is 0.437. The van der Waals surface area contributed by atoms with Gasteiger partial charge in [0, 0.05) is 19.3 Å². The second-order valence-corrected chi connectivity index (χ2v) is 3.64. The van der Waals surface area contributed by atoms with Crippen LogP contribution in [0.2, 0.25) is 0 Å². The van der Waals surface area contributed by atoms with E-state index in [1.807, 2.05) is 13.0 Å². The largest absolute Gasteiger partial charge is 0.389 e. The molecule has 0 aliphatic carbocycles. The number of nitrogens with zero attached hydrogens (tertiary/aromatic N) is 1. The Labute approximate surface area is 93.7 Å². The lowest BCUT2D eigenvalue weighted by atomic mass is 10.2. The molecule has 0 saturated heterocycles. The lowest BCUT2D eigenvalue weighted by Gasteiger charge is -2.10. The van der Waals surface area contributed by atoms with Crippen molar-refractivity contribution >= 4 is 17.2 Å². The fraction of sp³-hybridized carbons (Fsp3) is 0.400. The van der Waals surface area contributed by atoms with Crippen LogP contribution in [0.5, 0.6) is 0 Å². The van der Waals surface area contributed by atoms with E-state index in [0.29, 0.717) is 18.7 Å². The van der Waals surface area contributed by atoms with Crippen LogP contribution in [0.25, 0.3) is 0 Å². The molecule has 4 nitrogen and oxygen atoms in total. The molecule has 0 aromatic carbocycles. The van der Waals surface area contributed by atoms with E-state index in [-0.39, 0.29) is 10.5 Å². The van der Waals surface area contributed by atoms with Crippen molar-refractivity contribution in [3.63, 3.8) is 0 Å². The summed E-state index contributed by atoms with van der Waals surface area (Å²) in [7, 11) is 1.60. The van der Waals surface area contributed by atoms with Gasteiger partial charge in [-0.05, 0) is 19.1 Å².